The number of aryl methyl sites for hydroxylation is 1. The molecule has 0 unspecified atom stereocenters. The van der Waals surface area contributed by atoms with Gasteiger partial charge in [0.25, 0.3) is 0 Å². The Kier molecular flexibility index (Phi) is 1.32. The van der Waals surface area contributed by atoms with Crippen LogP contribution < -0.4 is 0 Å². The van der Waals surface area contributed by atoms with Crippen LogP contribution >= 0.6 is 11.6 Å². The van der Waals surface area contributed by atoms with Crippen LogP contribution in [0.1, 0.15) is 5.56 Å². The summed E-state index contributed by atoms with van der Waals surface area (Å²) in [6.07, 6.45) is 1.57. The second-order valence-electron chi connectivity index (χ2n) is 2.25. The van der Waals surface area contributed by atoms with Gasteiger partial charge < -0.3 is 4.98 Å². The Morgan fingerprint density at radius 2 is 2.45 bits per heavy atom. The van der Waals surface area contributed by atoms with Gasteiger partial charge in [-0.1, -0.05) is 11.6 Å². The molecule has 0 aromatic carbocycles. The van der Waals surface area contributed by atoms with Gasteiger partial charge in [0.15, 0.2) is 5.65 Å². The van der Waals surface area contributed by atoms with E-state index in [4.69, 9.17) is 11.6 Å². The zero-order valence-corrected chi connectivity index (χ0v) is 6.61. The van der Waals surface area contributed by atoms with Gasteiger partial charge in [0.05, 0.1) is 11.8 Å². The molecule has 0 saturated heterocycles. The van der Waals surface area contributed by atoms with Crippen LogP contribution in [0.2, 0.25) is 5.15 Å². The molecule has 4 heteroatoms. The summed E-state index contributed by atoms with van der Waals surface area (Å²) in [4.78, 5) is 10.9. The third-order valence-electron chi connectivity index (χ3n) is 1.45. The van der Waals surface area contributed by atoms with Gasteiger partial charge in [0.2, 0.25) is 0 Å². The zero-order chi connectivity index (χ0) is 7.84. The Morgan fingerprint density at radius 1 is 1.64 bits per heavy atom. The summed E-state index contributed by atoms with van der Waals surface area (Å²) in [6.45, 7) is 1.86. The fraction of sp³-hybridized carbons (Fsp3) is 0.143. The number of aromatic amines is 1. The Labute approximate surface area is 68.4 Å². The molecule has 1 radical (unpaired) electrons. The average molecular weight is 167 g/mol. The van der Waals surface area contributed by atoms with Gasteiger partial charge in [0, 0.05) is 6.07 Å². The number of nitrogens with one attached hydrogen (secondary N) is 1. The first kappa shape index (κ1) is 6.61. The predicted octanol–water partition coefficient (Wildman–Crippen LogP) is 1.72. The van der Waals surface area contributed by atoms with E-state index in [-0.39, 0.29) is 0 Å². The van der Waals surface area contributed by atoms with Crippen LogP contribution in [0.4, 0.5) is 0 Å². The number of aromatic nitrogens is 3. The largest absolute Gasteiger partial charge is 0.343 e. The first-order valence-corrected chi connectivity index (χ1v) is 3.53. The lowest BCUT2D eigenvalue weighted by molar-refractivity contribution is 1.28. The van der Waals surface area contributed by atoms with E-state index in [9.17, 15) is 0 Å². The fourth-order valence-electron chi connectivity index (χ4n) is 0.880. The van der Waals surface area contributed by atoms with E-state index in [1.165, 1.54) is 0 Å². The Balaban J connectivity index is 2.86. The first-order chi connectivity index (χ1) is 5.27. The molecule has 11 heavy (non-hydrogen) atoms. The van der Waals surface area contributed by atoms with Crippen LogP contribution in [0.5, 0.6) is 0 Å². The molecule has 3 nitrogen and oxygen atoms in total. The fourth-order valence-corrected chi connectivity index (χ4v) is 1.01. The van der Waals surface area contributed by atoms with Crippen LogP contribution in [-0.4, -0.2) is 15.0 Å². The molecule has 2 aromatic rings. The molecule has 0 bridgehead atoms. The molecule has 1 N–H and O–H groups in total. The maximum Gasteiger partial charge on any atom is 0.179 e. The Bertz CT molecular complexity index is 357. The molecular formula is C7H5ClN3. The van der Waals surface area contributed by atoms with Crippen molar-refractivity contribution in [2.45, 2.75) is 6.92 Å². The molecule has 0 aliphatic heterocycles. The molecule has 2 aromatic heterocycles. The summed E-state index contributed by atoms with van der Waals surface area (Å²) in [5, 5.41) is 0.463. The molecule has 0 aliphatic carbocycles. The molecule has 0 fully saturated rings. The average Bonchev–Trinajstić information content (AvgIpc) is 2.36. The minimum absolute atomic E-state index is 0.463. The van der Waals surface area contributed by atoms with Gasteiger partial charge in [-0.2, -0.15) is 0 Å². The van der Waals surface area contributed by atoms with E-state index in [0.717, 1.165) is 11.1 Å². The highest BCUT2D eigenvalue weighted by Crippen LogP contribution is 2.15. The highest BCUT2D eigenvalue weighted by atomic mass is 35.5. The molecule has 55 valence electrons. The van der Waals surface area contributed by atoms with Gasteiger partial charge in [0.1, 0.15) is 5.15 Å². The second-order valence-corrected chi connectivity index (χ2v) is 2.61. The minimum Gasteiger partial charge on any atom is -0.343 e. The quantitative estimate of drug-likeness (QED) is 0.606. The summed E-state index contributed by atoms with van der Waals surface area (Å²) in [5.41, 5.74) is 2.25. The SMILES string of the molecule is Cc1[c]c2[nH]cnc2nc1Cl. The maximum atomic E-state index is 5.75. The van der Waals surface area contributed by atoms with Crippen molar-refractivity contribution >= 4 is 22.8 Å². The number of rotatable bonds is 0. The van der Waals surface area contributed by atoms with Crippen molar-refractivity contribution in [2.24, 2.45) is 0 Å². The zero-order valence-electron chi connectivity index (χ0n) is 5.85. The number of fused-ring (bicyclic) bond motifs is 1. The van der Waals surface area contributed by atoms with Crippen molar-refractivity contribution in [1.29, 1.82) is 0 Å². The highest BCUT2D eigenvalue weighted by Gasteiger charge is 2.01. The summed E-state index contributed by atoms with van der Waals surface area (Å²) >= 11 is 5.75. The van der Waals surface area contributed by atoms with Crippen LogP contribution in [0.15, 0.2) is 6.33 Å². The van der Waals surface area contributed by atoms with E-state index >= 15 is 0 Å². The molecule has 0 aliphatic rings. The topological polar surface area (TPSA) is 41.6 Å². The summed E-state index contributed by atoms with van der Waals surface area (Å²) in [5.74, 6) is 0. The van der Waals surface area contributed by atoms with Gasteiger partial charge in [-0.15, -0.1) is 0 Å². The van der Waals surface area contributed by atoms with Crippen LogP contribution in [0.3, 0.4) is 0 Å². The number of pyridine rings is 1. The van der Waals surface area contributed by atoms with E-state index in [1.807, 2.05) is 6.92 Å². The summed E-state index contributed by atoms with van der Waals surface area (Å²) in [7, 11) is 0. The third kappa shape index (κ3) is 0.973. The van der Waals surface area contributed by atoms with Gasteiger partial charge >= 0.3 is 0 Å². The number of halogens is 1. The van der Waals surface area contributed by atoms with Gasteiger partial charge in [-0.05, 0) is 12.5 Å². The predicted molar refractivity (Wildman–Crippen MR) is 42.5 cm³/mol. The van der Waals surface area contributed by atoms with E-state index in [1.54, 1.807) is 6.33 Å². The summed E-state index contributed by atoms with van der Waals surface area (Å²) in [6, 6.07) is 3.03. The lowest BCUT2D eigenvalue weighted by Crippen LogP contribution is -1.82. The number of hydrogen-bond donors (Lipinski definition) is 1. The molecule has 2 rings (SSSR count). The Hall–Kier alpha value is -1.09. The smallest absolute Gasteiger partial charge is 0.179 e. The maximum absolute atomic E-state index is 5.75. The van der Waals surface area contributed by atoms with E-state index in [0.29, 0.717) is 10.8 Å². The second kappa shape index (κ2) is 2.20. The van der Waals surface area contributed by atoms with Crippen LogP contribution in [0.25, 0.3) is 11.2 Å². The van der Waals surface area contributed by atoms with Crippen molar-refractivity contribution < 1.29 is 0 Å². The summed E-state index contributed by atoms with van der Waals surface area (Å²) < 4.78 is 0. The monoisotopic (exact) mass is 166 g/mol. The van der Waals surface area contributed by atoms with E-state index in [2.05, 4.69) is 21.0 Å². The Morgan fingerprint density at radius 3 is 3.27 bits per heavy atom. The van der Waals surface area contributed by atoms with Gasteiger partial charge in [-0.25, -0.2) is 9.97 Å². The standard InChI is InChI=1S/C7H5ClN3/c1-4-2-5-7(10-3-9-5)11-6(4)8/h3H,1H3,(H,9,10,11). The number of nitrogens with zero attached hydrogens (tertiary/aromatic N) is 2. The van der Waals surface area contributed by atoms with Crippen LogP contribution in [-0.2, 0) is 0 Å². The first-order valence-electron chi connectivity index (χ1n) is 3.16. The molecule has 0 saturated carbocycles. The number of hydrogen-bond acceptors (Lipinski definition) is 2. The van der Waals surface area contributed by atoms with Crippen molar-refractivity contribution in [3.8, 4) is 0 Å². The normalized spacial score (nSPS) is 10.7. The molecule has 0 amide bonds. The molecule has 2 heterocycles. The number of H-pyrrole nitrogens is 1. The lowest BCUT2D eigenvalue weighted by Gasteiger charge is -1.93. The van der Waals surface area contributed by atoms with Crippen molar-refractivity contribution in [1.82, 2.24) is 15.0 Å². The molecular weight excluding hydrogens is 162 g/mol. The van der Waals surface area contributed by atoms with Crippen molar-refractivity contribution in [3.63, 3.8) is 0 Å². The van der Waals surface area contributed by atoms with Gasteiger partial charge in [-0.3, -0.25) is 0 Å². The van der Waals surface area contributed by atoms with Crippen LogP contribution in [0, 0.1) is 13.0 Å². The third-order valence-corrected chi connectivity index (χ3v) is 1.81. The highest BCUT2D eigenvalue weighted by molar-refractivity contribution is 6.30. The molecule has 0 spiro atoms. The molecule has 0 atom stereocenters. The minimum atomic E-state index is 0.463. The van der Waals surface area contributed by atoms with Crippen molar-refractivity contribution in [3.05, 3.63) is 23.1 Å². The lowest BCUT2D eigenvalue weighted by atomic mass is 10.3. The van der Waals surface area contributed by atoms with Crippen molar-refractivity contribution in [2.75, 3.05) is 0 Å². The number of imidazole rings is 1. The van der Waals surface area contributed by atoms with E-state index < -0.39 is 0 Å².